The molecular weight excluding hydrogens is 446 g/mol. The number of nitro benzene ring substituents is 1. The van der Waals surface area contributed by atoms with Gasteiger partial charge in [-0.3, -0.25) is 14.9 Å². The van der Waals surface area contributed by atoms with Crippen LogP contribution in [-0.4, -0.2) is 61.2 Å². The summed E-state index contributed by atoms with van der Waals surface area (Å²) in [5, 5.41) is 11.2. The molecule has 2 aromatic rings. The summed E-state index contributed by atoms with van der Waals surface area (Å²) in [5.74, 6) is -0.293. The molecular formula is C23H27N3O6S. The summed E-state index contributed by atoms with van der Waals surface area (Å²) in [5.41, 5.74) is 2.92. The Bertz CT molecular complexity index is 1170. The zero-order valence-electron chi connectivity index (χ0n) is 18.5. The van der Waals surface area contributed by atoms with Crippen LogP contribution < -0.4 is 4.74 Å². The second kappa shape index (κ2) is 9.48. The van der Waals surface area contributed by atoms with Gasteiger partial charge in [-0.2, -0.15) is 4.31 Å². The zero-order valence-corrected chi connectivity index (χ0v) is 19.3. The van der Waals surface area contributed by atoms with Gasteiger partial charge in [-0.25, -0.2) is 8.42 Å². The molecule has 1 aliphatic heterocycles. The van der Waals surface area contributed by atoms with Crippen molar-refractivity contribution in [1.82, 2.24) is 9.21 Å². The van der Waals surface area contributed by atoms with Gasteiger partial charge in [0.15, 0.2) is 12.4 Å². The Morgan fingerprint density at radius 2 is 1.73 bits per heavy atom. The first-order chi connectivity index (χ1) is 15.8. The maximum Gasteiger partial charge on any atom is 0.310 e. The molecule has 1 amide bonds. The van der Waals surface area contributed by atoms with Crippen molar-refractivity contribution in [2.24, 2.45) is 0 Å². The summed E-state index contributed by atoms with van der Waals surface area (Å²) in [6.07, 6.45) is 4.10. The van der Waals surface area contributed by atoms with Gasteiger partial charge in [-0.15, -0.1) is 0 Å². The van der Waals surface area contributed by atoms with Gasteiger partial charge in [0.05, 0.1) is 9.82 Å². The van der Waals surface area contributed by atoms with Crippen LogP contribution in [0.4, 0.5) is 5.69 Å². The number of nitrogens with zero attached hydrogens (tertiary/aromatic N) is 3. The predicted octanol–water partition coefficient (Wildman–Crippen LogP) is 2.69. The first kappa shape index (κ1) is 23.2. The fourth-order valence-corrected chi connectivity index (χ4v) is 5.79. The van der Waals surface area contributed by atoms with Gasteiger partial charge in [-0.1, -0.05) is 12.1 Å². The Kier molecular flexibility index (Phi) is 6.66. The normalized spacial score (nSPS) is 16.8. The Labute approximate surface area is 193 Å². The fourth-order valence-electron chi connectivity index (χ4n) is 4.32. The number of aryl methyl sites for hydroxylation is 3. The van der Waals surface area contributed by atoms with Crippen LogP contribution in [0.1, 0.15) is 29.5 Å². The smallest absolute Gasteiger partial charge is 0.310 e. The Morgan fingerprint density at radius 3 is 2.42 bits per heavy atom. The van der Waals surface area contributed by atoms with E-state index in [9.17, 15) is 23.3 Å². The summed E-state index contributed by atoms with van der Waals surface area (Å²) in [6, 6.07) is 9.87. The topological polar surface area (TPSA) is 110 Å². The number of rotatable bonds is 6. The van der Waals surface area contributed by atoms with Crippen molar-refractivity contribution in [3.63, 3.8) is 0 Å². The van der Waals surface area contributed by atoms with Gasteiger partial charge in [-0.05, 0) is 67.5 Å². The van der Waals surface area contributed by atoms with Crippen molar-refractivity contribution >= 4 is 21.6 Å². The lowest BCUT2D eigenvalue weighted by molar-refractivity contribution is -0.385. The molecule has 1 heterocycles. The molecule has 10 heteroatoms. The number of hydrogen-bond donors (Lipinski definition) is 0. The van der Waals surface area contributed by atoms with Crippen LogP contribution in [0.25, 0.3) is 0 Å². The molecule has 1 fully saturated rings. The minimum atomic E-state index is -3.63. The minimum absolute atomic E-state index is 0.0435. The standard InChI is InChI=1S/C23H27N3O6S/c1-17-6-9-21(26(28)29)22(14-17)32-16-23(27)24-10-12-25(13-11-24)33(30,31)20-8-7-18-4-2-3-5-19(18)15-20/h6-9,14-15H,2-5,10-13,16H2,1H3. The Balaban J connectivity index is 1.36. The minimum Gasteiger partial charge on any atom is -0.477 e. The van der Waals surface area contributed by atoms with Gasteiger partial charge >= 0.3 is 5.69 Å². The average molecular weight is 474 g/mol. The second-order valence-electron chi connectivity index (χ2n) is 8.44. The maximum atomic E-state index is 13.1. The highest BCUT2D eigenvalue weighted by molar-refractivity contribution is 7.89. The first-order valence-corrected chi connectivity index (χ1v) is 12.5. The number of ether oxygens (including phenoxy) is 1. The van der Waals surface area contributed by atoms with E-state index in [-0.39, 0.29) is 50.1 Å². The molecule has 0 radical (unpaired) electrons. The number of nitro groups is 1. The summed E-state index contributed by atoms with van der Waals surface area (Å²) < 4.78 is 33.1. The van der Waals surface area contributed by atoms with Gasteiger partial charge in [0.1, 0.15) is 0 Å². The third kappa shape index (κ3) is 5.01. The lowest BCUT2D eigenvalue weighted by Gasteiger charge is -2.34. The van der Waals surface area contributed by atoms with E-state index in [1.165, 1.54) is 26.9 Å². The Hall–Kier alpha value is -2.98. The molecule has 0 atom stereocenters. The van der Waals surface area contributed by atoms with Crippen LogP contribution in [0.3, 0.4) is 0 Å². The Morgan fingerprint density at radius 1 is 1.03 bits per heavy atom. The number of hydrogen-bond acceptors (Lipinski definition) is 6. The van der Waals surface area contributed by atoms with Crippen molar-refractivity contribution in [3.8, 4) is 5.75 Å². The molecule has 1 aliphatic carbocycles. The third-order valence-electron chi connectivity index (χ3n) is 6.21. The molecule has 0 bridgehead atoms. The fraction of sp³-hybridized carbons (Fsp3) is 0.435. The van der Waals surface area contributed by atoms with E-state index in [1.54, 1.807) is 25.1 Å². The third-order valence-corrected chi connectivity index (χ3v) is 8.11. The monoisotopic (exact) mass is 473 g/mol. The molecule has 2 aliphatic rings. The second-order valence-corrected chi connectivity index (χ2v) is 10.4. The molecule has 0 spiro atoms. The summed E-state index contributed by atoms with van der Waals surface area (Å²) in [6.45, 7) is 2.29. The van der Waals surface area contributed by atoms with Crippen LogP contribution in [0.2, 0.25) is 0 Å². The van der Waals surface area contributed by atoms with E-state index < -0.39 is 14.9 Å². The van der Waals surface area contributed by atoms with E-state index in [4.69, 9.17) is 4.74 Å². The van der Waals surface area contributed by atoms with Crippen molar-refractivity contribution in [2.75, 3.05) is 32.8 Å². The van der Waals surface area contributed by atoms with E-state index in [2.05, 4.69) is 0 Å². The predicted molar refractivity (Wildman–Crippen MR) is 122 cm³/mol. The number of amides is 1. The molecule has 4 rings (SSSR count). The molecule has 9 nitrogen and oxygen atoms in total. The van der Waals surface area contributed by atoms with Crippen molar-refractivity contribution < 1.29 is 22.9 Å². The number of carbonyl (C=O) groups excluding carboxylic acids is 1. The number of benzene rings is 2. The lowest BCUT2D eigenvalue weighted by atomic mass is 9.92. The first-order valence-electron chi connectivity index (χ1n) is 11.0. The van der Waals surface area contributed by atoms with Crippen LogP contribution in [0, 0.1) is 17.0 Å². The van der Waals surface area contributed by atoms with Gasteiger partial charge in [0, 0.05) is 32.2 Å². The molecule has 1 saturated heterocycles. The van der Waals surface area contributed by atoms with Crippen molar-refractivity contribution in [2.45, 2.75) is 37.5 Å². The molecule has 2 aromatic carbocycles. The highest BCUT2D eigenvalue weighted by atomic mass is 32.2. The van der Waals surface area contributed by atoms with E-state index >= 15 is 0 Å². The molecule has 0 aromatic heterocycles. The van der Waals surface area contributed by atoms with Crippen LogP contribution in [-0.2, 0) is 27.7 Å². The number of sulfonamides is 1. The molecule has 0 unspecified atom stereocenters. The molecule has 33 heavy (non-hydrogen) atoms. The average Bonchev–Trinajstić information content (AvgIpc) is 2.82. The summed E-state index contributed by atoms with van der Waals surface area (Å²) >= 11 is 0. The van der Waals surface area contributed by atoms with E-state index in [0.29, 0.717) is 4.90 Å². The molecule has 176 valence electrons. The van der Waals surface area contributed by atoms with Crippen molar-refractivity contribution in [1.29, 1.82) is 0 Å². The number of piperazine rings is 1. The zero-order chi connectivity index (χ0) is 23.6. The van der Waals surface area contributed by atoms with E-state index in [1.807, 2.05) is 6.07 Å². The van der Waals surface area contributed by atoms with E-state index in [0.717, 1.165) is 36.8 Å². The summed E-state index contributed by atoms with van der Waals surface area (Å²) in [4.78, 5) is 25.0. The largest absolute Gasteiger partial charge is 0.477 e. The van der Waals surface area contributed by atoms with Gasteiger partial charge in [0.25, 0.3) is 5.91 Å². The van der Waals surface area contributed by atoms with Gasteiger partial charge < -0.3 is 9.64 Å². The van der Waals surface area contributed by atoms with Crippen molar-refractivity contribution in [3.05, 3.63) is 63.2 Å². The number of fused-ring (bicyclic) bond motifs is 1. The van der Waals surface area contributed by atoms with Crippen LogP contribution >= 0.6 is 0 Å². The van der Waals surface area contributed by atoms with Crippen LogP contribution in [0.5, 0.6) is 5.75 Å². The summed E-state index contributed by atoms with van der Waals surface area (Å²) in [7, 11) is -3.63. The quantitative estimate of drug-likeness (QED) is 0.471. The van der Waals surface area contributed by atoms with Crippen LogP contribution in [0.15, 0.2) is 41.3 Å². The SMILES string of the molecule is Cc1ccc([N+](=O)[O-])c(OCC(=O)N2CCN(S(=O)(=O)c3ccc4c(c3)CCCC4)CC2)c1. The highest BCUT2D eigenvalue weighted by Gasteiger charge is 2.31. The molecule has 0 saturated carbocycles. The number of carbonyl (C=O) groups is 1. The molecule has 0 N–H and O–H groups in total. The lowest BCUT2D eigenvalue weighted by Crippen LogP contribution is -2.51. The van der Waals surface area contributed by atoms with Gasteiger partial charge in [0.2, 0.25) is 10.0 Å². The highest BCUT2D eigenvalue weighted by Crippen LogP contribution is 2.28. The maximum absolute atomic E-state index is 13.1.